The molecular weight excluding hydrogens is 216 g/mol. The van der Waals surface area contributed by atoms with Crippen LogP contribution in [-0.4, -0.2) is 63.8 Å². The fourth-order valence-corrected chi connectivity index (χ4v) is 2.08. The SMILES string of the molecule is CN=C(NC)NCC1CN(CC(C)C)CCO1. The predicted octanol–water partition coefficient (Wildman–Crippen LogP) is 0.138. The summed E-state index contributed by atoms with van der Waals surface area (Å²) in [5.41, 5.74) is 0. The van der Waals surface area contributed by atoms with Gasteiger partial charge in [-0.1, -0.05) is 13.8 Å². The Kier molecular flexibility index (Phi) is 6.29. The fraction of sp³-hybridized carbons (Fsp3) is 0.917. The van der Waals surface area contributed by atoms with E-state index >= 15 is 0 Å². The van der Waals surface area contributed by atoms with Gasteiger partial charge < -0.3 is 15.4 Å². The highest BCUT2D eigenvalue weighted by Crippen LogP contribution is 2.07. The van der Waals surface area contributed by atoms with Crippen molar-refractivity contribution in [3.05, 3.63) is 0 Å². The van der Waals surface area contributed by atoms with Crippen molar-refractivity contribution < 1.29 is 4.74 Å². The maximum absolute atomic E-state index is 5.74. The van der Waals surface area contributed by atoms with E-state index in [4.69, 9.17) is 4.74 Å². The Balaban J connectivity index is 2.29. The molecule has 0 aromatic carbocycles. The molecule has 0 saturated carbocycles. The third-order valence-electron chi connectivity index (χ3n) is 2.80. The van der Waals surface area contributed by atoms with Crippen molar-refractivity contribution in [1.82, 2.24) is 15.5 Å². The number of nitrogens with zero attached hydrogens (tertiary/aromatic N) is 2. The third-order valence-corrected chi connectivity index (χ3v) is 2.80. The second-order valence-electron chi connectivity index (χ2n) is 4.85. The van der Waals surface area contributed by atoms with Gasteiger partial charge in [-0.05, 0) is 5.92 Å². The predicted molar refractivity (Wildman–Crippen MR) is 71.4 cm³/mol. The third kappa shape index (κ3) is 5.37. The summed E-state index contributed by atoms with van der Waals surface area (Å²) in [4.78, 5) is 6.56. The van der Waals surface area contributed by atoms with Crippen LogP contribution in [0.2, 0.25) is 0 Å². The van der Waals surface area contributed by atoms with Gasteiger partial charge in [-0.3, -0.25) is 9.89 Å². The average molecular weight is 242 g/mol. The average Bonchev–Trinajstić information content (AvgIpc) is 2.30. The molecule has 0 radical (unpaired) electrons. The number of morpholine rings is 1. The number of guanidine groups is 1. The highest BCUT2D eigenvalue weighted by Gasteiger charge is 2.20. The summed E-state index contributed by atoms with van der Waals surface area (Å²) < 4.78 is 5.74. The summed E-state index contributed by atoms with van der Waals surface area (Å²) in [5, 5.41) is 6.25. The molecule has 5 nitrogen and oxygen atoms in total. The van der Waals surface area contributed by atoms with Gasteiger partial charge in [-0.2, -0.15) is 0 Å². The first-order valence-electron chi connectivity index (χ1n) is 6.38. The van der Waals surface area contributed by atoms with E-state index in [1.165, 1.54) is 0 Å². The summed E-state index contributed by atoms with van der Waals surface area (Å²) in [6, 6.07) is 0. The molecule has 17 heavy (non-hydrogen) atoms. The maximum atomic E-state index is 5.74. The molecule has 0 bridgehead atoms. The lowest BCUT2D eigenvalue weighted by Gasteiger charge is -2.34. The molecule has 0 aliphatic carbocycles. The Morgan fingerprint density at radius 3 is 2.88 bits per heavy atom. The molecule has 1 rings (SSSR count). The molecular formula is C12H26N4O. The first-order chi connectivity index (χ1) is 8.15. The molecule has 0 aromatic rings. The molecule has 1 saturated heterocycles. The van der Waals surface area contributed by atoms with Crippen LogP contribution in [0.15, 0.2) is 4.99 Å². The number of aliphatic imine (C=N–C) groups is 1. The molecule has 1 unspecified atom stereocenters. The van der Waals surface area contributed by atoms with Crippen LogP contribution in [0.5, 0.6) is 0 Å². The fourth-order valence-electron chi connectivity index (χ4n) is 2.08. The molecule has 1 atom stereocenters. The molecule has 1 aliphatic heterocycles. The molecule has 5 heteroatoms. The van der Waals surface area contributed by atoms with E-state index in [9.17, 15) is 0 Å². The highest BCUT2D eigenvalue weighted by molar-refractivity contribution is 5.79. The van der Waals surface area contributed by atoms with Crippen LogP contribution in [0.1, 0.15) is 13.8 Å². The van der Waals surface area contributed by atoms with Crippen LogP contribution in [0.25, 0.3) is 0 Å². The van der Waals surface area contributed by atoms with E-state index in [-0.39, 0.29) is 6.10 Å². The number of hydrogen-bond acceptors (Lipinski definition) is 3. The first-order valence-corrected chi connectivity index (χ1v) is 6.38. The van der Waals surface area contributed by atoms with Crippen LogP contribution >= 0.6 is 0 Å². The van der Waals surface area contributed by atoms with Crippen molar-refractivity contribution in [2.45, 2.75) is 20.0 Å². The summed E-state index contributed by atoms with van der Waals surface area (Å²) in [6.45, 7) is 9.36. The summed E-state index contributed by atoms with van der Waals surface area (Å²) in [7, 11) is 3.63. The largest absolute Gasteiger partial charge is 0.374 e. The first kappa shape index (κ1) is 14.3. The van der Waals surface area contributed by atoms with Crippen molar-refractivity contribution >= 4 is 5.96 Å². The van der Waals surface area contributed by atoms with Gasteiger partial charge in [0.25, 0.3) is 0 Å². The van der Waals surface area contributed by atoms with Gasteiger partial charge in [0.05, 0.1) is 12.7 Å². The number of rotatable bonds is 4. The molecule has 100 valence electrons. The van der Waals surface area contributed by atoms with E-state index in [0.717, 1.165) is 38.7 Å². The minimum atomic E-state index is 0.257. The van der Waals surface area contributed by atoms with Crippen LogP contribution in [0, 0.1) is 5.92 Å². The van der Waals surface area contributed by atoms with Crippen molar-refractivity contribution in [2.24, 2.45) is 10.9 Å². The number of ether oxygens (including phenoxy) is 1. The lowest BCUT2D eigenvalue weighted by Crippen LogP contribution is -2.49. The van der Waals surface area contributed by atoms with Crippen LogP contribution in [-0.2, 0) is 4.74 Å². The van der Waals surface area contributed by atoms with Crippen molar-refractivity contribution in [1.29, 1.82) is 0 Å². The molecule has 1 fully saturated rings. The van der Waals surface area contributed by atoms with Gasteiger partial charge >= 0.3 is 0 Å². The van der Waals surface area contributed by atoms with Gasteiger partial charge in [0, 0.05) is 40.3 Å². The number of hydrogen-bond donors (Lipinski definition) is 2. The summed E-state index contributed by atoms with van der Waals surface area (Å²) in [6.07, 6.45) is 0.257. The number of nitrogens with one attached hydrogen (secondary N) is 2. The minimum Gasteiger partial charge on any atom is -0.374 e. The Morgan fingerprint density at radius 1 is 1.53 bits per heavy atom. The topological polar surface area (TPSA) is 48.9 Å². The monoisotopic (exact) mass is 242 g/mol. The zero-order chi connectivity index (χ0) is 12.7. The molecule has 1 heterocycles. The molecule has 0 aromatic heterocycles. The zero-order valence-corrected chi connectivity index (χ0v) is 11.5. The normalized spacial score (nSPS) is 22.9. The highest BCUT2D eigenvalue weighted by atomic mass is 16.5. The lowest BCUT2D eigenvalue weighted by molar-refractivity contribution is -0.0284. The lowest BCUT2D eigenvalue weighted by atomic mass is 10.2. The van der Waals surface area contributed by atoms with Gasteiger partial charge in [-0.25, -0.2) is 0 Å². The summed E-state index contributed by atoms with van der Waals surface area (Å²) >= 11 is 0. The Bertz CT molecular complexity index is 243. The van der Waals surface area contributed by atoms with Gasteiger partial charge in [0.2, 0.25) is 0 Å². The zero-order valence-electron chi connectivity index (χ0n) is 11.5. The standard InChI is InChI=1S/C12H26N4O/c1-10(2)8-16-5-6-17-11(9-16)7-15-12(13-3)14-4/h10-11H,5-9H2,1-4H3,(H2,13,14,15). The van der Waals surface area contributed by atoms with E-state index in [1.807, 2.05) is 7.05 Å². The van der Waals surface area contributed by atoms with Gasteiger partial charge in [-0.15, -0.1) is 0 Å². The van der Waals surface area contributed by atoms with Crippen LogP contribution in [0.4, 0.5) is 0 Å². The van der Waals surface area contributed by atoms with Crippen molar-refractivity contribution in [3.8, 4) is 0 Å². The van der Waals surface area contributed by atoms with Crippen LogP contribution < -0.4 is 10.6 Å². The summed E-state index contributed by atoms with van der Waals surface area (Å²) in [5.74, 6) is 1.53. The van der Waals surface area contributed by atoms with Gasteiger partial charge in [0.15, 0.2) is 5.96 Å². The molecule has 1 aliphatic rings. The van der Waals surface area contributed by atoms with Crippen molar-refractivity contribution in [3.63, 3.8) is 0 Å². The quantitative estimate of drug-likeness (QED) is 0.544. The molecule has 2 N–H and O–H groups in total. The Morgan fingerprint density at radius 2 is 2.29 bits per heavy atom. The second-order valence-corrected chi connectivity index (χ2v) is 4.85. The minimum absolute atomic E-state index is 0.257. The Labute approximate surface area is 105 Å². The van der Waals surface area contributed by atoms with E-state index in [1.54, 1.807) is 7.05 Å². The van der Waals surface area contributed by atoms with Crippen molar-refractivity contribution in [2.75, 3.05) is 46.9 Å². The maximum Gasteiger partial charge on any atom is 0.190 e. The Hall–Kier alpha value is -0.810. The van der Waals surface area contributed by atoms with E-state index in [2.05, 4.69) is 34.4 Å². The van der Waals surface area contributed by atoms with Gasteiger partial charge in [0.1, 0.15) is 0 Å². The van der Waals surface area contributed by atoms with Crippen LogP contribution in [0.3, 0.4) is 0 Å². The second kappa shape index (κ2) is 7.50. The smallest absolute Gasteiger partial charge is 0.190 e. The molecule has 0 spiro atoms. The molecule has 0 amide bonds. The van der Waals surface area contributed by atoms with E-state index < -0.39 is 0 Å². The van der Waals surface area contributed by atoms with E-state index in [0.29, 0.717) is 5.92 Å².